The second-order valence-electron chi connectivity index (χ2n) is 4.72. The van der Waals surface area contributed by atoms with Crippen LogP contribution in [-0.4, -0.2) is 31.3 Å². The molecule has 4 heteroatoms. The highest BCUT2D eigenvalue weighted by Gasteiger charge is 2.18. The largest absolute Gasteiger partial charge is 0.477 e. The predicted octanol–water partition coefficient (Wildman–Crippen LogP) is 2.17. The Morgan fingerprint density at radius 2 is 2.50 bits per heavy atom. The summed E-state index contributed by atoms with van der Waals surface area (Å²) in [6, 6.07) is 4.29. The molecule has 0 aromatic carbocycles. The maximum atomic E-state index is 5.86. The minimum Gasteiger partial charge on any atom is -0.477 e. The van der Waals surface area contributed by atoms with Gasteiger partial charge >= 0.3 is 0 Å². The number of nitrogens with one attached hydrogen (secondary N) is 1. The van der Waals surface area contributed by atoms with E-state index >= 15 is 0 Å². The van der Waals surface area contributed by atoms with Crippen molar-refractivity contribution in [2.45, 2.75) is 26.3 Å². The molecule has 0 bridgehead atoms. The fourth-order valence-corrected chi connectivity index (χ4v) is 2.18. The maximum Gasteiger partial charge on any atom is 0.218 e. The van der Waals surface area contributed by atoms with Crippen LogP contribution in [0.1, 0.15) is 31.9 Å². The summed E-state index contributed by atoms with van der Waals surface area (Å²) >= 11 is 0. The van der Waals surface area contributed by atoms with Gasteiger partial charge in [0.2, 0.25) is 5.88 Å². The van der Waals surface area contributed by atoms with Crippen LogP contribution in [0.3, 0.4) is 0 Å². The molecule has 1 saturated heterocycles. The van der Waals surface area contributed by atoms with Gasteiger partial charge in [0.15, 0.2) is 0 Å². The van der Waals surface area contributed by atoms with Crippen LogP contribution in [-0.2, 0) is 4.74 Å². The quantitative estimate of drug-likeness (QED) is 0.840. The van der Waals surface area contributed by atoms with E-state index in [0.29, 0.717) is 12.5 Å². The van der Waals surface area contributed by atoms with E-state index in [1.54, 1.807) is 6.20 Å². The number of pyridine rings is 1. The molecule has 4 nitrogen and oxygen atoms in total. The van der Waals surface area contributed by atoms with E-state index in [-0.39, 0.29) is 6.04 Å². The lowest BCUT2D eigenvalue weighted by atomic mass is 10.1. The topological polar surface area (TPSA) is 43.4 Å². The van der Waals surface area contributed by atoms with Crippen LogP contribution < -0.4 is 10.1 Å². The molecule has 2 heterocycles. The minimum absolute atomic E-state index is 0.263. The van der Waals surface area contributed by atoms with Gasteiger partial charge in [-0.2, -0.15) is 0 Å². The number of hydrogen-bond donors (Lipinski definition) is 1. The Kier molecular flexibility index (Phi) is 4.96. The van der Waals surface area contributed by atoms with Gasteiger partial charge < -0.3 is 14.8 Å². The molecule has 1 fully saturated rings. The highest BCUT2D eigenvalue weighted by molar-refractivity contribution is 5.28. The first-order chi connectivity index (χ1) is 8.81. The van der Waals surface area contributed by atoms with E-state index in [9.17, 15) is 0 Å². The van der Waals surface area contributed by atoms with E-state index in [2.05, 4.69) is 30.2 Å². The Hall–Kier alpha value is -1.13. The van der Waals surface area contributed by atoms with Gasteiger partial charge in [0.1, 0.15) is 0 Å². The summed E-state index contributed by atoms with van der Waals surface area (Å²) < 4.78 is 11.2. The van der Waals surface area contributed by atoms with Crippen LogP contribution in [0.25, 0.3) is 0 Å². The molecule has 1 aliphatic rings. The van der Waals surface area contributed by atoms with E-state index in [0.717, 1.165) is 37.6 Å². The molecule has 18 heavy (non-hydrogen) atoms. The lowest BCUT2D eigenvalue weighted by Gasteiger charge is -2.17. The number of nitrogens with zero attached hydrogens (tertiary/aromatic N) is 1. The van der Waals surface area contributed by atoms with Crippen molar-refractivity contribution < 1.29 is 9.47 Å². The summed E-state index contributed by atoms with van der Waals surface area (Å²) in [4.78, 5) is 4.34. The first kappa shape index (κ1) is 13.3. The zero-order chi connectivity index (χ0) is 12.8. The van der Waals surface area contributed by atoms with Crippen molar-refractivity contribution in [2.24, 2.45) is 5.92 Å². The average molecular weight is 250 g/mol. The van der Waals surface area contributed by atoms with Crippen molar-refractivity contribution in [3.8, 4) is 5.88 Å². The number of ether oxygens (including phenoxy) is 2. The normalized spacial score (nSPS) is 20.9. The van der Waals surface area contributed by atoms with Crippen LogP contribution in [0.2, 0.25) is 0 Å². The molecule has 2 rings (SSSR count). The summed E-state index contributed by atoms with van der Waals surface area (Å²) in [5.74, 6) is 1.26. The molecular formula is C14H22N2O2. The third-order valence-electron chi connectivity index (χ3n) is 3.26. The van der Waals surface area contributed by atoms with Crippen LogP contribution in [0.4, 0.5) is 0 Å². The third-order valence-corrected chi connectivity index (χ3v) is 3.26. The highest BCUT2D eigenvalue weighted by atomic mass is 16.5. The number of rotatable bonds is 6. The average Bonchev–Trinajstić information content (AvgIpc) is 2.90. The van der Waals surface area contributed by atoms with Crippen molar-refractivity contribution in [1.82, 2.24) is 10.3 Å². The fourth-order valence-electron chi connectivity index (χ4n) is 2.18. The lowest BCUT2D eigenvalue weighted by Crippen LogP contribution is -2.20. The van der Waals surface area contributed by atoms with Crippen molar-refractivity contribution in [3.05, 3.63) is 23.9 Å². The Bertz CT molecular complexity index is 365. The molecule has 1 aromatic heterocycles. The van der Waals surface area contributed by atoms with Gasteiger partial charge in [-0.05, 0) is 26.0 Å². The maximum absolute atomic E-state index is 5.86. The SMILES string of the molecule is CCNC(C)c1cccnc1OCC1CCOC1. The highest BCUT2D eigenvalue weighted by Crippen LogP contribution is 2.23. The number of hydrogen-bond acceptors (Lipinski definition) is 4. The minimum atomic E-state index is 0.263. The molecule has 0 spiro atoms. The van der Waals surface area contributed by atoms with Gasteiger partial charge in [-0.3, -0.25) is 0 Å². The Balaban J connectivity index is 1.97. The van der Waals surface area contributed by atoms with Gasteiger partial charge in [-0.15, -0.1) is 0 Å². The van der Waals surface area contributed by atoms with Crippen molar-refractivity contribution >= 4 is 0 Å². The molecule has 1 N–H and O–H groups in total. The monoisotopic (exact) mass is 250 g/mol. The summed E-state index contributed by atoms with van der Waals surface area (Å²) in [5, 5.41) is 3.39. The zero-order valence-corrected chi connectivity index (χ0v) is 11.2. The van der Waals surface area contributed by atoms with Crippen LogP contribution in [0.15, 0.2) is 18.3 Å². The molecule has 0 aliphatic carbocycles. The van der Waals surface area contributed by atoms with Gasteiger partial charge in [-0.1, -0.05) is 13.0 Å². The summed E-state index contributed by atoms with van der Waals surface area (Å²) in [6.45, 7) is 7.53. The van der Waals surface area contributed by atoms with Crippen LogP contribution >= 0.6 is 0 Å². The van der Waals surface area contributed by atoms with Gasteiger partial charge in [-0.25, -0.2) is 4.98 Å². The molecular weight excluding hydrogens is 228 g/mol. The Morgan fingerprint density at radius 1 is 1.61 bits per heavy atom. The van der Waals surface area contributed by atoms with Crippen molar-refractivity contribution in [3.63, 3.8) is 0 Å². The van der Waals surface area contributed by atoms with Crippen LogP contribution in [0.5, 0.6) is 5.88 Å². The van der Waals surface area contributed by atoms with E-state index in [4.69, 9.17) is 9.47 Å². The fraction of sp³-hybridized carbons (Fsp3) is 0.643. The molecule has 2 unspecified atom stereocenters. The van der Waals surface area contributed by atoms with Crippen molar-refractivity contribution in [1.29, 1.82) is 0 Å². The van der Waals surface area contributed by atoms with Gasteiger partial charge in [0.25, 0.3) is 0 Å². The molecule has 2 atom stereocenters. The standard InChI is InChI=1S/C14H22N2O2/c1-3-15-11(2)13-5-4-7-16-14(13)18-10-12-6-8-17-9-12/h4-5,7,11-12,15H,3,6,8-10H2,1-2H3. The molecule has 100 valence electrons. The molecule has 1 aliphatic heterocycles. The second-order valence-corrected chi connectivity index (χ2v) is 4.72. The van der Waals surface area contributed by atoms with Crippen LogP contribution in [0, 0.1) is 5.92 Å². The summed E-state index contributed by atoms with van der Waals surface area (Å²) in [6.07, 6.45) is 2.87. The third kappa shape index (κ3) is 3.43. The molecule has 0 saturated carbocycles. The Labute approximate surface area is 109 Å². The smallest absolute Gasteiger partial charge is 0.218 e. The molecule has 1 aromatic rings. The van der Waals surface area contributed by atoms with Gasteiger partial charge in [0.05, 0.1) is 13.2 Å². The van der Waals surface area contributed by atoms with Gasteiger partial charge in [0, 0.05) is 30.3 Å². The first-order valence-electron chi connectivity index (χ1n) is 6.70. The number of aromatic nitrogens is 1. The zero-order valence-electron chi connectivity index (χ0n) is 11.2. The first-order valence-corrected chi connectivity index (χ1v) is 6.70. The molecule has 0 amide bonds. The van der Waals surface area contributed by atoms with Crippen molar-refractivity contribution in [2.75, 3.05) is 26.4 Å². The summed E-state index contributed by atoms with van der Waals surface area (Å²) in [7, 11) is 0. The second kappa shape index (κ2) is 6.71. The van der Waals surface area contributed by atoms with E-state index in [1.165, 1.54) is 0 Å². The molecule has 0 radical (unpaired) electrons. The Morgan fingerprint density at radius 3 is 3.22 bits per heavy atom. The predicted molar refractivity (Wildman–Crippen MR) is 70.7 cm³/mol. The van der Waals surface area contributed by atoms with E-state index in [1.807, 2.05) is 6.07 Å². The van der Waals surface area contributed by atoms with E-state index < -0.39 is 0 Å². The summed E-state index contributed by atoms with van der Waals surface area (Å²) in [5.41, 5.74) is 1.12. The lowest BCUT2D eigenvalue weighted by molar-refractivity contribution is 0.165.